The Labute approximate surface area is 127 Å². The molecule has 0 aliphatic heterocycles. The molecule has 1 aromatic rings. The summed E-state index contributed by atoms with van der Waals surface area (Å²) in [5.74, 6) is 1.76. The van der Waals surface area contributed by atoms with Crippen LogP contribution in [0.4, 0.5) is 0 Å². The number of rotatable bonds is 6. The molecule has 1 unspecified atom stereocenters. The predicted molar refractivity (Wildman–Crippen MR) is 81.8 cm³/mol. The number of hydrogen-bond acceptors (Lipinski definition) is 5. The van der Waals surface area contributed by atoms with E-state index >= 15 is 0 Å². The van der Waals surface area contributed by atoms with Gasteiger partial charge in [0.2, 0.25) is 11.7 Å². The third kappa shape index (κ3) is 4.04. The summed E-state index contributed by atoms with van der Waals surface area (Å²) in [5.41, 5.74) is 5.74. The van der Waals surface area contributed by atoms with E-state index in [0.29, 0.717) is 24.8 Å². The van der Waals surface area contributed by atoms with E-state index in [2.05, 4.69) is 24.0 Å². The van der Waals surface area contributed by atoms with Crippen molar-refractivity contribution in [1.82, 2.24) is 10.1 Å². The molecule has 21 heavy (non-hydrogen) atoms. The fourth-order valence-corrected chi connectivity index (χ4v) is 2.97. The molecular formula is C16H29N3O2. The first-order valence-electron chi connectivity index (χ1n) is 8.30. The molecule has 0 aromatic carbocycles. The fourth-order valence-electron chi connectivity index (χ4n) is 2.97. The molecule has 2 N–H and O–H groups in total. The van der Waals surface area contributed by atoms with Gasteiger partial charge in [0.05, 0.1) is 0 Å². The van der Waals surface area contributed by atoms with Crippen LogP contribution in [-0.2, 0) is 16.8 Å². The molecule has 1 aromatic heterocycles. The van der Waals surface area contributed by atoms with Crippen LogP contribution in [0.2, 0.25) is 0 Å². The lowest BCUT2D eigenvalue weighted by Gasteiger charge is -2.29. The molecule has 1 aliphatic carbocycles. The van der Waals surface area contributed by atoms with Gasteiger partial charge >= 0.3 is 0 Å². The summed E-state index contributed by atoms with van der Waals surface area (Å²) in [7, 11) is 0. The molecule has 5 heteroatoms. The van der Waals surface area contributed by atoms with E-state index in [1.54, 1.807) is 0 Å². The van der Waals surface area contributed by atoms with Crippen LogP contribution in [0.5, 0.6) is 0 Å². The summed E-state index contributed by atoms with van der Waals surface area (Å²) < 4.78 is 11.5. The predicted octanol–water partition coefficient (Wildman–Crippen LogP) is 3.18. The van der Waals surface area contributed by atoms with Gasteiger partial charge in [-0.15, -0.1) is 0 Å². The zero-order valence-electron chi connectivity index (χ0n) is 13.6. The third-order valence-electron chi connectivity index (χ3n) is 4.47. The highest BCUT2D eigenvalue weighted by atomic mass is 16.5. The van der Waals surface area contributed by atoms with Gasteiger partial charge in [0.15, 0.2) is 0 Å². The molecule has 1 fully saturated rings. The van der Waals surface area contributed by atoms with Gasteiger partial charge < -0.3 is 15.0 Å². The molecule has 0 radical (unpaired) electrons. The van der Waals surface area contributed by atoms with Crippen LogP contribution in [0.15, 0.2) is 4.52 Å². The molecule has 1 heterocycles. The standard InChI is InChI=1S/C16H29N3O2/c1-4-20-16(9-7-5-6-8-10-16)15-18-14(21-19-15)11-13(17)12(2)3/h12-13H,4-11,17H2,1-3H3. The average Bonchev–Trinajstić information content (AvgIpc) is 2.78. The number of hydrogen-bond donors (Lipinski definition) is 1. The molecular weight excluding hydrogens is 266 g/mol. The van der Waals surface area contributed by atoms with Gasteiger partial charge in [-0.25, -0.2) is 0 Å². The molecule has 2 rings (SSSR count). The van der Waals surface area contributed by atoms with Crippen molar-refractivity contribution in [1.29, 1.82) is 0 Å². The first-order chi connectivity index (χ1) is 10.1. The zero-order chi connectivity index (χ0) is 15.3. The van der Waals surface area contributed by atoms with E-state index < -0.39 is 0 Å². The second kappa shape index (κ2) is 7.36. The minimum Gasteiger partial charge on any atom is -0.367 e. The second-order valence-electron chi connectivity index (χ2n) is 6.47. The van der Waals surface area contributed by atoms with Crippen molar-refractivity contribution in [3.8, 4) is 0 Å². The molecule has 0 bridgehead atoms. The van der Waals surface area contributed by atoms with Crippen molar-refractivity contribution in [2.75, 3.05) is 6.61 Å². The van der Waals surface area contributed by atoms with E-state index in [9.17, 15) is 0 Å². The Kier molecular flexibility index (Phi) is 5.76. The van der Waals surface area contributed by atoms with Gasteiger partial charge in [0.25, 0.3) is 0 Å². The number of ether oxygens (including phenoxy) is 1. The smallest absolute Gasteiger partial charge is 0.228 e. The van der Waals surface area contributed by atoms with E-state index in [1.165, 1.54) is 12.8 Å². The highest BCUT2D eigenvalue weighted by Crippen LogP contribution is 2.38. The van der Waals surface area contributed by atoms with Crippen LogP contribution < -0.4 is 5.73 Å². The Morgan fingerprint density at radius 1 is 1.24 bits per heavy atom. The van der Waals surface area contributed by atoms with Crippen molar-refractivity contribution in [2.45, 2.75) is 77.4 Å². The summed E-state index contributed by atoms with van der Waals surface area (Å²) >= 11 is 0. The van der Waals surface area contributed by atoms with Crippen LogP contribution in [-0.4, -0.2) is 22.8 Å². The lowest BCUT2D eigenvalue weighted by atomic mass is 9.93. The highest BCUT2D eigenvalue weighted by molar-refractivity contribution is 5.03. The number of nitrogens with zero attached hydrogens (tertiary/aromatic N) is 2. The van der Waals surface area contributed by atoms with Gasteiger partial charge in [0, 0.05) is 19.1 Å². The van der Waals surface area contributed by atoms with Crippen LogP contribution >= 0.6 is 0 Å². The average molecular weight is 295 g/mol. The van der Waals surface area contributed by atoms with Crippen molar-refractivity contribution in [3.63, 3.8) is 0 Å². The van der Waals surface area contributed by atoms with Gasteiger partial charge in [0.1, 0.15) is 5.60 Å². The minimum absolute atomic E-state index is 0.0514. The quantitative estimate of drug-likeness (QED) is 0.816. The molecule has 1 saturated carbocycles. The van der Waals surface area contributed by atoms with Crippen LogP contribution in [0.1, 0.15) is 71.0 Å². The zero-order valence-corrected chi connectivity index (χ0v) is 13.6. The molecule has 5 nitrogen and oxygen atoms in total. The van der Waals surface area contributed by atoms with Crippen molar-refractivity contribution in [2.24, 2.45) is 11.7 Å². The SMILES string of the molecule is CCOC1(c2noc(CC(N)C(C)C)n2)CCCCCC1. The van der Waals surface area contributed by atoms with Gasteiger partial charge in [-0.3, -0.25) is 0 Å². The molecule has 120 valence electrons. The van der Waals surface area contributed by atoms with E-state index in [4.69, 9.17) is 15.0 Å². The van der Waals surface area contributed by atoms with Crippen LogP contribution in [0.25, 0.3) is 0 Å². The van der Waals surface area contributed by atoms with E-state index in [-0.39, 0.29) is 11.6 Å². The summed E-state index contributed by atoms with van der Waals surface area (Å²) in [6, 6.07) is 0.0514. The van der Waals surface area contributed by atoms with Gasteiger partial charge in [-0.05, 0) is 25.7 Å². The molecule has 0 spiro atoms. The van der Waals surface area contributed by atoms with Gasteiger partial charge in [-0.2, -0.15) is 4.98 Å². The minimum atomic E-state index is -0.352. The lowest BCUT2D eigenvalue weighted by Crippen LogP contribution is -2.31. The highest BCUT2D eigenvalue weighted by Gasteiger charge is 2.38. The summed E-state index contributed by atoms with van der Waals surface area (Å²) in [4.78, 5) is 4.61. The van der Waals surface area contributed by atoms with E-state index in [0.717, 1.165) is 31.5 Å². The fraction of sp³-hybridized carbons (Fsp3) is 0.875. The maximum Gasteiger partial charge on any atom is 0.228 e. The second-order valence-corrected chi connectivity index (χ2v) is 6.47. The van der Waals surface area contributed by atoms with Crippen LogP contribution in [0, 0.1) is 5.92 Å². The summed E-state index contributed by atoms with van der Waals surface area (Å²) in [6.45, 7) is 6.92. The largest absolute Gasteiger partial charge is 0.367 e. The first kappa shape index (κ1) is 16.4. The Balaban J connectivity index is 2.15. The third-order valence-corrected chi connectivity index (χ3v) is 4.47. The maximum atomic E-state index is 6.09. The van der Waals surface area contributed by atoms with Crippen molar-refractivity contribution in [3.05, 3.63) is 11.7 Å². The topological polar surface area (TPSA) is 74.2 Å². The molecule has 1 atom stereocenters. The van der Waals surface area contributed by atoms with Crippen molar-refractivity contribution >= 4 is 0 Å². The molecule has 0 amide bonds. The number of aromatic nitrogens is 2. The Hall–Kier alpha value is -0.940. The monoisotopic (exact) mass is 295 g/mol. The van der Waals surface area contributed by atoms with Gasteiger partial charge in [-0.1, -0.05) is 44.7 Å². The molecule has 0 saturated heterocycles. The summed E-state index contributed by atoms with van der Waals surface area (Å²) in [5, 5.41) is 4.22. The number of nitrogens with two attached hydrogens (primary N) is 1. The molecule has 1 aliphatic rings. The Bertz CT molecular complexity index is 423. The maximum absolute atomic E-state index is 6.09. The van der Waals surface area contributed by atoms with Crippen LogP contribution in [0.3, 0.4) is 0 Å². The Morgan fingerprint density at radius 3 is 2.48 bits per heavy atom. The first-order valence-corrected chi connectivity index (χ1v) is 8.30. The van der Waals surface area contributed by atoms with E-state index in [1.807, 2.05) is 6.92 Å². The summed E-state index contributed by atoms with van der Waals surface area (Å²) in [6.07, 6.45) is 7.44. The van der Waals surface area contributed by atoms with Crippen molar-refractivity contribution < 1.29 is 9.26 Å². The Morgan fingerprint density at radius 2 is 1.90 bits per heavy atom. The normalized spacial score (nSPS) is 20.4. The lowest BCUT2D eigenvalue weighted by molar-refractivity contribution is -0.0636.